The number of benzene rings is 1. The Hall–Kier alpha value is -3.01. The Labute approximate surface area is 153 Å². The SMILES string of the molecule is COc1ccc(C(C)N/C=C(/C#N)C(=O)NCCCCCC(=O)O)cc1. The number of carbonyl (C=O) groups excluding carboxylic acids is 1. The predicted octanol–water partition coefficient (Wildman–Crippen LogP) is 2.51. The summed E-state index contributed by atoms with van der Waals surface area (Å²) in [6.45, 7) is 2.33. The molecule has 26 heavy (non-hydrogen) atoms. The van der Waals surface area contributed by atoms with Gasteiger partial charge in [-0.3, -0.25) is 9.59 Å². The molecule has 0 aliphatic heterocycles. The minimum absolute atomic E-state index is 0.00380. The zero-order valence-corrected chi connectivity index (χ0v) is 15.1. The molecule has 1 unspecified atom stereocenters. The quantitative estimate of drug-likeness (QED) is 0.318. The zero-order valence-electron chi connectivity index (χ0n) is 15.1. The second kappa shape index (κ2) is 11.5. The Kier molecular flexibility index (Phi) is 9.33. The van der Waals surface area contributed by atoms with Gasteiger partial charge in [0.25, 0.3) is 5.91 Å². The van der Waals surface area contributed by atoms with Gasteiger partial charge in [0, 0.05) is 25.2 Å². The zero-order chi connectivity index (χ0) is 19.4. The molecule has 0 saturated carbocycles. The Balaban J connectivity index is 2.44. The predicted molar refractivity (Wildman–Crippen MR) is 97.4 cm³/mol. The van der Waals surface area contributed by atoms with Gasteiger partial charge in [-0.1, -0.05) is 18.6 Å². The summed E-state index contributed by atoms with van der Waals surface area (Å²) in [6.07, 6.45) is 3.50. The highest BCUT2D eigenvalue weighted by Crippen LogP contribution is 2.17. The molecule has 1 atom stereocenters. The van der Waals surface area contributed by atoms with Crippen molar-refractivity contribution in [3.63, 3.8) is 0 Å². The lowest BCUT2D eigenvalue weighted by Crippen LogP contribution is -2.27. The van der Waals surface area contributed by atoms with E-state index in [1.165, 1.54) is 6.20 Å². The number of hydrogen-bond donors (Lipinski definition) is 3. The van der Waals surface area contributed by atoms with Gasteiger partial charge in [-0.05, 0) is 37.5 Å². The number of methoxy groups -OCH3 is 1. The summed E-state index contributed by atoms with van der Waals surface area (Å²) in [4.78, 5) is 22.4. The van der Waals surface area contributed by atoms with Gasteiger partial charge < -0.3 is 20.5 Å². The molecule has 3 N–H and O–H groups in total. The molecule has 0 saturated heterocycles. The molecule has 0 fully saturated rings. The van der Waals surface area contributed by atoms with Crippen LogP contribution in [0.4, 0.5) is 0 Å². The van der Waals surface area contributed by atoms with Crippen LogP contribution in [0, 0.1) is 11.3 Å². The van der Waals surface area contributed by atoms with E-state index in [1.807, 2.05) is 37.3 Å². The van der Waals surface area contributed by atoms with E-state index in [-0.39, 0.29) is 18.0 Å². The van der Waals surface area contributed by atoms with Crippen LogP contribution < -0.4 is 15.4 Å². The fraction of sp³-hybridized carbons (Fsp3) is 0.421. The van der Waals surface area contributed by atoms with Crippen molar-refractivity contribution in [1.82, 2.24) is 10.6 Å². The van der Waals surface area contributed by atoms with Gasteiger partial charge >= 0.3 is 5.97 Å². The number of nitrogens with zero attached hydrogens (tertiary/aromatic N) is 1. The van der Waals surface area contributed by atoms with Crippen molar-refractivity contribution in [1.29, 1.82) is 5.26 Å². The highest BCUT2D eigenvalue weighted by Gasteiger charge is 2.10. The molecule has 140 valence electrons. The minimum atomic E-state index is -0.819. The number of nitriles is 1. The standard InChI is InChI=1S/C19H25N3O4/c1-14(15-7-9-17(26-2)10-8-15)22-13-16(12-20)19(25)21-11-5-3-4-6-18(23)24/h7-10,13-14,22H,3-6,11H2,1-2H3,(H,21,25)(H,23,24)/b16-13-. The van der Waals surface area contributed by atoms with Gasteiger partial charge in [-0.15, -0.1) is 0 Å². The van der Waals surface area contributed by atoms with Gasteiger partial charge in [-0.2, -0.15) is 5.26 Å². The number of aliphatic carboxylic acids is 1. The van der Waals surface area contributed by atoms with Crippen LogP contribution in [-0.4, -0.2) is 30.6 Å². The molecule has 0 heterocycles. The Morgan fingerprint density at radius 1 is 1.27 bits per heavy atom. The fourth-order valence-electron chi connectivity index (χ4n) is 2.22. The first-order valence-corrected chi connectivity index (χ1v) is 8.48. The molecule has 1 aromatic carbocycles. The number of rotatable bonds is 11. The maximum Gasteiger partial charge on any atom is 0.303 e. The lowest BCUT2D eigenvalue weighted by Gasteiger charge is -2.13. The third-order valence-electron chi connectivity index (χ3n) is 3.81. The summed E-state index contributed by atoms with van der Waals surface area (Å²) in [7, 11) is 1.60. The number of carboxylic acids is 1. The number of carbonyl (C=O) groups is 2. The molecular weight excluding hydrogens is 334 g/mol. The topological polar surface area (TPSA) is 111 Å². The normalized spacial score (nSPS) is 12.0. The molecule has 7 heteroatoms. The molecule has 0 aliphatic carbocycles. The maximum atomic E-state index is 12.0. The van der Waals surface area contributed by atoms with Crippen LogP contribution in [0.3, 0.4) is 0 Å². The average Bonchev–Trinajstić information content (AvgIpc) is 2.64. The van der Waals surface area contributed by atoms with Gasteiger partial charge in [0.05, 0.1) is 7.11 Å². The van der Waals surface area contributed by atoms with Crippen molar-refractivity contribution >= 4 is 11.9 Å². The molecule has 0 radical (unpaired) electrons. The summed E-state index contributed by atoms with van der Waals surface area (Å²) >= 11 is 0. The second-order valence-electron chi connectivity index (χ2n) is 5.79. The van der Waals surface area contributed by atoms with Crippen molar-refractivity contribution in [2.45, 2.75) is 38.6 Å². The number of ether oxygens (including phenoxy) is 1. The van der Waals surface area contributed by atoms with E-state index < -0.39 is 11.9 Å². The number of nitrogens with one attached hydrogen (secondary N) is 2. The van der Waals surface area contributed by atoms with Crippen molar-refractivity contribution < 1.29 is 19.4 Å². The number of hydrogen-bond acceptors (Lipinski definition) is 5. The first kappa shape index (κ1) is 21.0. The van der Waals surface area contributed by atoms with Crippen molar-refractivity contribution in [2.24, 2.45) is 0 Å². The summed E-state index contributed by atoms with van der Waals surface area (Å²) in [5.74, 6) is -0.502. The van der Waals surface area contributed by atoms with Crippen LogP contribution in [0.1, 0.15) is 44.2 Å². The third-order valence-corrected chi connectivity index (χ3v) is 3.81. The van der Waals surface area contributed by atoms with Crippen LogP contribution in [0.25, 0.3) is 0 Å². The van der Waals surface area contributed by atoms with Gasteiger partial charge in [0.2, 0.25) is 0 Å². The van der Waals surface area contributed by atoms with Gasteiger partial charge in [0.1, 0.15) is 17.4 Å². The van der Waals surface area contributed by atoms with E-state index in [2.05, 4.69) is 10.6 Å². The van der Waals surface area contributed by atoms with Crippen molar-refractivity contribution in [3.8, 4) is 11.8 Å². The maximum absolute atomic E-state index is 12.0. The van der Waals surface area contributed by atoms with E-state index >= 15 is 0 Å². The smallest absolute Gasteiger partial charge is 0.303 e. The van der Waals surface area contributed by atoms with Crippen LogP contribution in [0.5, 0.6) is 5.75 Å². The lowest BCUT2D eigenvalue weighted by atomic mass is 10.1. The summed E-state index contributed by atoms with van der Waals surface area (Å²) in [6, 6.07) is 9.32. The largest absolute Gasteiger partial charge is 0.497 e. The molecule has 1 rings (SSSR count). The second-order valence-corrected chi connectivity index (χ2v) is 5.79. The number of amides is 1. The number of carboxylic acid groups (broad SMARTS) is 1. The van der Waals surface area contributed by atoms with Crippen LogP contribution >= 0.6 is 0 Å². The Morgan fingerprint density at radius 2 is 1.96 bits per heavy atom. The first-order valence-electron chi connectivity index (χ1n) is 8.48. The highest BCUT2D eigenvalue weighted by molar-refractivity contribution is 5.97. The summed E-state index contributed by atoms with van der Waals surface area (Å²) in [5.41, 5.74) is 0.995. The van der Waals surface area contributed by atoms with E-state index in [0.717, 1.165) is 11.3 Å². The average molecular weight is 359 g/mol. The van der Waals surface area contributed by atoms with E-state index in [4.69, 9.17) is 15.1 Å². The van der Waals surface area contributed by atoms with Gasteiger partial charge in [0.15, 0.2) is 0 Å². The molecule has 0 aliphatic rings. The Morgan fingerprint density at radius 3 is 2.54 bits per heavy atom. The van der Waals surface area contributed by atoms with Crippen LogP contribution in [0.2, 0.25) is 0 Å². The molecule has 0 bridgehead atoms. The van der Waals surface area contributed by atoms with E-state index in [1.54, 1.807) is 7.11 Å². The summed E-state index contributed by atoms with van der Waals surface area (Å²) in [5, 5.41) is 23.4. The van der Waals surface area contributed by atoms with Crippen molar-refractivity contribution in [2.75, 3.05) is 13.7 Å². The van der Waals surface area contributed by atoms with Crippen LogP contribution in [0.15, 0.2) is 36.0 Å². The van der Waals surface area contributed by atoms with Crippen molar-refractivity contribution in [3.05, 3.63) is 41.6 Å². The van der Waals surface area contributed by atoms with Crippen LogP contribution in [-0.2, 0) is 9.59 Å². The molecule has 1 aromatic rings. The van der Waals surface area contributed by atoms with E-state index in [9.17, 15) is 9.59 Å². The molecule has 0 spiro atoms. The first-order chi connectivity index (χ1) is 12.5. The molecular formula is C19H25N3O4. The lowest BCUT2D eigenvalue weighted by molar-refractivity contribution is -0.137. The fourth-order valence-corrected chi connectivity index (χ4v) is 2.22. The molecule has 0 aromatic heterocycles. The Bertz CT molecular complexity index is 662. The monoisotopic (exact) mass is 359 g/mol. The van der Waals surface area contributed by atoms with Gasteiger partial charge in [-0.25, -0.2) is 0 Å². The minimum Gasteiger partial charge on any atom is -0.497 e. The number of unbranched alkanes of at least 4 members (excludes halogenated alkanes) is 2. The molecule has 1 amide bonds. The summed E-state index contributed by atoms with van der Waals surface area (Å²) < 4.78 is 5.11. The highest BCUT2D eigenvalue weighted by atomic mass is 16.5. The third kappa shape index (κ3) is 7.71. The molecule has 7 nitrogen and oxygen atoms in total. The van der Waals surface area contributed by atoms with E-state index in [0.29, 0.717) is 25.8 Å².